The molecule has 10 nitrogen and oxygen atoms in total. The number of ether oxygens (including phenoxy) is 1. The predicted octanol–water partition coefficient (Wildman–Crippen LogP) is 7.88. The molecule has 1 aromatic heterocycles. The van der Waals surface area contributed by atoms with Crippen molar-refractivity contribution >= 4 is 64.4 Å². The van der Waals surface area contributed by atoms with E-state index in [-0.39, 0.29) is 35.1 Å². The number of methoxy groups -OCH3 is 1. The highest BCUT2D eigenvalue weighted by molar-refractivity contribution is 6.33. The molecule has 4 aromatic rings. The van der Waals surface area contributed by atoms with E-state index in [1.807, 2.05) is 12.2 Å². The summed E-state index contributed by atoms with van der Waals surface area (Å²) in [5, 5.41) is 12.1. The number of fused-ring (bicyclic) bond motifs is 4. The molecule has 6 unspecified atom stereocenters. The molecule has 0 bridgehead atoms. The molecule has 3 heterocycles. The number of alkyl halides is 3. The van der Waals surface area contributed by atoms with Gasteiger partial charge in [-0.05, 0) is 72.4 Å². The van der Waals surface area contributed by atoms with E-state index in [1.54, 1.807) is 66.7 Å². The van der Waals surface area contributed by atoms with E-state index in [0.29, 0.717) is 27.8 Å². The molecule has 6 atom stereocenters. The highest BCUT2D eigenvalue weighted by atomic mass is 35.5. The molecule has 4 aliphatic rings. The smallest absolute Gasteiger partial charge is 0.433 e. The Morgan fingerprint density at radius 2 is 1.68 bits per heavy atom. The Balaban J connectivity index is 1.28. The van der Waals surface area contributed by atoms with Crippen LogP contribution in [0.5, 0.6) is 11.5 Å². The number of hydrogen-bond donors (Lipinski definition) is 1. The van der Waals surface area contributed by atoms with Crippen molar-refractivity contribution in [2.24, 2.45) is 29.6 Å². The largest absolute Gasteiger partial charge is 0.504 e. The second-order valence-electron chi connectivity index (χ2n) is 14.4. The van der Waals surface area contributed by atoms with Crippen molar-refractivity contribution in [2.75, 3.05) is 24.1 Å². The number of carbonyl (C=O) groups is 4. The van der Waals surface area contributed by atoms with Crippen LogP contribution in [0.25, 0.3) is 6.08 Å². The number of carbonyl (C=O) groups excluding carboxylic acids is 4. The Bertz CT molecular complexity index is 2410. The van der Waals surface area contributed by atoms with Gasteiger partial charge in [-0.25, -0.2) is 9.88 Å². The summed E-state index contributed by atoms with van der Waals surface area (Å²) >= 11 is 12.7. The van der Waals surface area contributed by atoms with Crippen LogP contribution in [0.15, 0.2) is 103 Å². The van der Waals surface area contributed by atoms with E-state index in [9.17, 15) is 32.7 Å². The monoisotopic (exact) mass is 816 g/mol. The van der Waals surface area contributed by atoms with E-state index in [1.165, 1.54) is 26.3 Å². The first kappa shape index (κ1) is 38.2. The molecule has 4 amide bonds. The topological polar surface area (TPSA) is 120 Å². The number of aromatic nitrogens is 1. The SMILES string of the molecule is COc1cc(C=CC2C3=CCC4C(=O)N(N(C)c5nc(C(F)(F)F)ccc5Cl)C(=O)C4C3CC3C(=O)N(c4cccc(Cl)c4)C(=O)C23c2ccccc2)ccc1O. The van der Waals surface area contributed by atoms with E-state index >= 15 is 4.79 Å². The lowest BCUT2D eigenvalue weighted by molar-refractivity contribution is -0.141. The maximum absolute atomic E-state index is 15.3. The van der Waals surface area contributed by atoms with Gasteiger partial charge in [-0.1, -0.05) is 89.5 Å². The van der Waals surface area contributed by atoms with E-state index in [2.05, 4.69) is 4.98 Å². The molecule has 292 valence electrons. The molecule has 2 aliphatic carbocycles. The van der Waals surface area contributed by atoms with Gasteiger partial charge in [0.15, 0.2) is 17.3 Å². The Hall–Kier alpha value is -5.66. The number of amides is 4. The van der Waals surface area contributed by atoms with Gasteiger partial charge >= 0.3 is 6.18 Å². The van der Waals surface area contributed by atoms with Crippen molar-refractivity contribution in [3.05, 3.63) is 130 Å². The Kier molecular flexibility index (Phi) is 9.43. The number of anilines is 2. The summed E-state index contributed by atoms with van der Waals surface area (Å²) in [7, 11) is 2.66. The van der Waals surface area contributed by atoms with Gasteiger partial charge in [-0.3, -0.25) is 24.2 Å². The normalized spacial score (nSPS) is 25.7. The van der Waals surface area contributed by atoms with Crippen molar-refractivity contribution in [3.8, 4) is 11.5 Å². The number of hydrazine groups is 1. The van der Waals surface area contributed by atoms with Gasteiger partial charge in [-0.15, -0.1) is 0 Å². The molecule has 3 fully saturated rings. The summed E-state index contributed by atoms with van der Waals surface area (Å²) in [6.07, 6.45) is 0.670. The lowest BCUT2D eigenvalue weighted by atomic mass is 9.50. The highest BCUT2D eigenvalue weighted by Crippen LogP contribution is 2.62. The van der Waals surface area contributed by atoms with Crippen LogP contribution in [-0.4, -0.2) is 52.9 Å². The molecule has 2 saturated heterocycles. The number of imide groups is 2. The van der Waals surface area contributed by atoms with Crippen LogP contribution in [-0.2, 0) is 30.8 Å². The number of hydrogen-bond acceptors (Lipinski definition) is 8. The Morgan fingerprint density at radius 3 is 2.39 bits per heavy atom. The van der Waals surface area contributed by atoms with Crippen LogP contribution in [0.2, 0.25) is 10.0 Å². The van der Waals surface area contributed by atoms with Gasteiger partial charge in [0.2, 0.25) is 11.8 Å². The van der Waals surface area contributed by atoms with Crippen LogP contribution in [0.3, 0.4) is 0 Å². The summed E-state index contributed by atoms with van der Waals surface area (Å²) in [5.41, 5.74) is -0.673. The third-order valence-electron chi connectivity index (χ3n) is 11.6. The van der Waals surface area contributed by atoms with Gasteiger partial charge in [0.05, 0.1) is 41.0 Å². The summed E-state index contributed by atoms with van der Waals surface area (Å²) < 4.78 is 46.4. The first-order chi connectivity index (χ1) is 27.2. The first-order valence-corrected chi connectivity index (χ1v) is 18.7. The number of benzene rings is 3. The number of rotatable bonds is 7. The first-order valence-electron chi connectivity index (χ1n) is 18.0. The third kappa shape index (κ3) is 5.97. The zero-order valence-electron chi connectivity index (χ0n) is 30.3. The number of allylic oxidation sites excluding steroid dienone is 3. The molecule has 1 N–H and O–H groups in total. The molecular weight excluding hydrogens is 784 g/mol. The molecule has 15 heteroatoms. The third-order valence-corrected chi connectivity index (χ3v) is 12.1. The molecule has 0 radical (unpaired) electrons. The minimum atomic E-state index is -4.82. The number of phenols is 1. The molecule has 57 heavy (non-hydrogen) atoms. The van der Waals surface area contributed by atoms with Crippen molar-refractivity contribution in [2.45, 2.75) is 24.4 Å². The molecule has 3 aromatic carbocycles. The van der Waals surface area contributed by atoms with Crippen LogP contribution in [0, 0.1) is 29.6 Å². The lowest BCUT2D eigenvalue weighted by Gasteiger charge is -2.49. The lowest BCUT2D eigenvalue weighted by Crippen LogP contribution is -2.54. The standard InChI is InChI=1S/C42H33Cl2F3N4O6/c1-49(36-31(44)16-18-34(48-36)42(45,46)47)51-37(53)27-14-13-26-28(35(27)39(51)55)21-30-38(54)50(25-10-6-9-24(43)20-25)40(56)41(30,23-7-4-3-5-8-23)29(26)15-11-22-12-17-32(52)33(19-22)57-2/h3-13,15-20,27-30,35,52H,14,21H2,1-2H3. The fourth-order valence-electron chi connectivity index (χ4n) is 9.19. The number of pyridine rings is 1. The van der Waals surface area contributed by atoms with Crippen molar-refractivity contribution in [1.82, 2.24) is 9.99 Å². The number of phenolic OH excluding ortho intramolecular Hbond substituents is 1. The molecule has 0 spiro atoms. The second kappa shape index (κ2) is 14.1. The van der Waals surface area contributed by atoms with Gasteiger partial charge < -0.3 is 9.84 Å². The zero-order chi connectivity index (χ0) is 40.6. The van der Waals surface area contributed by atoms with Crippen LogP contribution < -0.4 is 14.6 Å². The summed E-state index contributed by atoms with van der Waals surface area (Å²) in [5.74, 6) is -7.26. The average Bonchev–Trinajstić information content (AvgIpc) is 3.58. The predicted molar refractivity (Wildman–Crippen MR) is 205 cm³/mol. The maximum Gasteiger partial charge on any atom is 0.433 e. The maximum atomic E-state index is 15.3. The van der Waals surface area contributed by atoms with Crippen LogP contribution in [0.1, 0.15) is 29.7 Å². The number of halogens is 5. The van der Waals surface area contributed by atoms with Gasteiger partial charge in [-0.2, -0.15) is 18.2 Å². The summed E-state index contributed by atoms with van der Waals surface area (Å²) in [6, 6.07) is 21.8. The summed E-state index contributed by atoms with van der Waals surface area (Å²) in [4.78, 5) is 63.8. The highest BCUT2D eigenvalue weighted by Gasteiger charge is 2.69. The van der Waals surface area contributed by atoms with E-state index < -0.39 is 76.3 Å². The van der Waals surface area contributed by atoms with Gasteiger partial charge in [0.25, 0.3) is 11.8 Å². The van der Waals surface area contributed by atoms with E-state index in [4.69, 9.17) is 27.9 Å². The number of aromatic hydroxyl groups is 1. The van der Waals surface area contributed by atoms with Crippen molar-refractivity contribution < 1.29 is 42.2 Å². The molecule has 1 saturated carbocycles. The molecule has 8 rings (SSSR count). The summed E-state index contributed by atoms with van der Waals surface area (Å²) in [6.45, 7) is 0. The fourth-order valence-corrected chi connectivity index (χ4v) is 9.60. The van der Waals surface area contributed by atoms with Crippen molar-refractivity contribution in [1.29, 1.82) is 0 Å². The quantitative estimate of drug-likeness (QED) is 0.148. The van der Waals surface area contributed by atoms with Crippen LogP contribution in [0.4, 0.5) is 24.7 Å². The van der Waals surface area contributed by atoms with Crippen LogP contribution >= 0.6 is 23.2 Å². The Labute approximate surface area is 334 Å². The second-order valence-corrected chi connectivity index (χ2v) is 15.3. The van der Waals surface area contributed by atoms with Gasteiger partial charge in [0, 0.05) is 18.0 Å². The average molecular weight is 818 g/mol. The van der Waals surface area contributed by atoms with E-state index in [0.717, 1.165) is 21.0 Å². The number of nitrogens with zero attached hydrogens (tertiary/aromatic N) is 4. The molecule has 2 aliphatic heterocycles. The zero-order valence-corrected chi connectivity index (χ0v) is 31.8. The minimum absolute atomic E-state index is 0.0000445. The molecular formula is C42H33Cl2F3N4O6. The fraction of sp³-hybridized carbons (Fsp3) is 0.262. The Morgan fingerprint density at radius 1 is 0.930 bits per heavy atom. The minimum Gasteiger partial charge on any atom is -0.504 e. The van der Waals surface area contributed by atoms with Crippen molar-refractivity contribution in [3.63, 3.8) is 0 Å². The van der Waals surface area contributed by atoms with Gasteiger partial charge in [0.1, 0.15) is 5.69 Å².